The number of nitrogens with one attached hydrogen (secondary N) is 1. The van der Waals surface area contributed by atoms with Crippen LogP contribution in [0.15, 0.2) is 12.7 Å². The average Bonchev–Trinajstić information content (AvgIpc) is 2.33. The highest BCUT2D eigenvalue weighted by molar-refractivity contribution is 4.78. The first-order valence-corrected chi connectivity index (χ1v) is 7.64. The van der Waals surface area contributed by atoms with E-state index in [4.69, 9.17) is 4.74 Å². The summed E-state index contributed by atoms with van der Waals surface area (Å²) >= 11 is 0. The molecule has 1 rings (SSSR count). The maximum absolute atomic E-state index is 5.52. The van der Waals surface area contributed by atoms with Gasteiger partial charge in [0, 0.05) is 12.6 Å². The molecule has 2 unspecified atom stereocenters. The molecule has 0 bridgehead atoms. The first-order valence-electron chi connectivity index (χ1n) is 7.64. The van der Waals surface area contributed by atoms with E-state index in [9.17, 15) is 0 Å². The molecule has 1 fully saturated rings. The summed E-state index contributed by atoms with van der Waals surface area (Å²) in [5, 5.41) is 3.65. The van der Waals surface area contributed by atoms with Crippen LogP contribution >= 0.6 is 0 Å². The molecule has 0 spiro atoms. The first-order chi connectivity index (χ1) is 8.72. The molecule has 0 radical (unpaired) electrons. The van der Waals surface area contributed by atoms with Crippen LogP contribution in [0.3, 0.4) is 0 Å². The topological polar surface area (TPSA) is 21.3 Å². The fraction of sp³-hybridized carbons (Fsp3) is 0.875. The molecule has 2 atom stereocenters. The lowest BCUT2D eigenvalue weighted by molar-refractivity contribution is 0.134. The zero-order valence-corrected chi connectivity index (χ0v) is 12.3. The van der Waals surface area contributed by atoms with Gasteiger partial charge in [-0.25, -0.2) is 0 Å². The average molecular weight is 253 g/mol. The fourth-order valence-corrected chi connectivity index (χ4v) is 2.96. The summed E-state index contributed by atoms with van der Waals surface area (Å²) < 4.78 is 5.52. The summed E-state index contributed by atoms with van der Waals surface area (Å²) in [5.74, 6) is 1.79. The Balaban J connectivity index is 2.05. The lowest BCUT2D eigenvalue weighted by Gasteiger charge is -2.30. The number of hydrogen-bond donors (Lipinski definition) is 1. The van der Waals surface area contributed by atoms with Gasteiger partial charge in [0.05, 0.1) is 13.2 Å². The number of rotatable bonds is 9. The van der Waals surface area contributed by atoms with Crippen molar-refractivity contribution in [1.29, 1.82) is 0 Å². The van der Waals surface area contributed by atoms with Gasteiger partial charge in [0.25, 0.3) is 0 Å². The van der Waals surface area contributed by atoms with Crippen LogP contribution in [0.1, 0.15) is 52.4 Å². The van der Waals surface area contributed by atoms with Crippen molar-refractivity contribution < 1.29 is 4.74 Å². The molecule has 0 aromatic heterocycles. The van der Waals surface area contributed by atoms with E-state index in [-0.39, 0.29) is 0 Å². The van der Waals surface area contributed by atoms with Crippen molar-refractivity contribution in [1.82, 2.24) is 5.32 Å². The predicted octanol–water partition coefficient (Wildman–Crippen LogP) is 3.77. The van der Waals surface area contributed by atoms with Gasteiger partial charge in [-0.1, -0.05) is 32.8 Å². The summed E-state index contributed by atoms with van der Waals surface area (Å²) in [4.78, 5) is 0. The van der Waals surface area contributed by atoms with E-state index in [0.717, 1.165) is 44.1 Å². The van der Waals surface area contributed by atoms with Crippen LogP contribution in [-0.2, 0) is 4.74 Å². The maximum atomic E-state index is 5.52. The molecule has 1 aliphatic carbocycles. The van der Waals surface area contributed by atoms with Crippen LogP contribution in [0.2, 0.25) is 0 Å². The third kappa shape index (κ3) is 7.17. The van der Waals surface area contributed by atoms with Crippen molar-refractivity contribution >= 4 is 0 Å². The van der Waals surface area contributed by atoms with Crippen LogP contribution in [0.4, 0.5) is 0 Å². The normalized spacial score (nSPS) is 24.4. The maximum Gasteiger partial charge on any atom is 0.0591 e. The van der Waals surface area contributed by atoms with Crippen LogP contribution in [-0.4, -0.2) is 25.8 Å². The van der Waals surface area contributed by atoms with Gasteiger partial charge in [0.15, 0.2) is 0 Å². The van der Waals surface area contributed by atoms with E-state index in [2.05, 4.69) is 25.7 Å². The second-order valence-electron chi connectivity index (χ2n) is 6.00. The van der Waals surface area contributed by atoms with Gasteiger partial charge in [-0.15, -0.1) is 6.58 Å². The Morgan fingerprint density at radius 1 is 1.33 bits per heavy atom. The van der Waals surface area contributed by atoms with Gasteiger partial charge < -0.3 is 10.1 Å². The molecule has 18 heavy (non-hydrogen) atoms. The molecule has 1 saturated carbocycles. The zero-order valence-electron chi connectivity index (χ0n) is 12.3. The van der Waals surface area contributed by atoms with E-state index in [0.29, 0.717) is 0 Å². The number of hydrogen-bond acceptors (Lipinski definition) is 2. The van der Waals surface area contributed by atoms with Crippen LogP contribution in [0.5, 0.6) is 0 Å². The van der Waals surface area contributed by atoms with E-state index in [1.165, 1.54) is 32.1 Å². The Labute approximate surface area is 113 Å². The summed E-state index contributed by atoms with van der Waals surface area (Å²) in [6.07, 6.45) is 9.81. The largest absolute Gasteiger partial charge is 0.380 e. The third-order valence-electron chi connectivity index (χ3n) is 3.73. The highest BCUT2D eigenvalue weighted by Crippen LogP contribution is 2.29. The second kappa shape index (κ2) is 9.57. The molecule has 0 amide bonds. The van der Waals surface area contributed by atoms with Gasteiger partial charge >= 0.3 is 0 Å². The minimum Gasteiger partial charge on any atom is -0.380 e. The Bertz CT molecular complexity index is 215. The van der Waals surface area contributed by atoms with E-state index in [1.807, 2.05) is 6.08 Å². The second-order valence-corrected chi connectivity index (χ2v) is 6.00. The molecule has 1 N–H and O–H groups in total. The molecule has 0 saturated heterocycles. The third-order valence-corrected chi connectivity index (χ3v) is 3.73. The minimum absolute atomic E-state index is 0.727. The lowest BCUT2D eigenvalue weighted by Crippen LogP contribution is -2.36. The van der Waals surface area contributed by atoms with Gasteiger partial charge in [-0.3, -0.25) is 0 Å². The fourth-order valence-electron chi connectivity index (χ4n) is 2.96. The van der Waals surface area contributed by atoms with Gasteiger partial charge in [-0.2, -0.15) is 0 Å². The molecule has 0 aromatic carbocycles. The minimum atomic E-state index is 0.727. The molecule has 0 aromatic rings. The first kappa shape index (κ1) is 15.7. The summed E-state index contributed by atoms with van der Waals surface area (Å²) in [6, 6.07) is 0.727. The highest BCUT2D eigenvalue weighted by Gasteiger charge is 2.21. The van der Waals surface area contributed by atoms with Crippen molar-refractivity contribution in [2.24, 2.45) is 11.8 Å². The Morgan fingerprint density at radius 2 is 2.17 bits per heavy atom. The summed E-state index contributed by atoms with van der Waals surface area (Å²) in [7, 11) is 0. The summed E-state index contributed by atoms with van der Waals surface area (Å²) in [5.41, 5.74) is 0. The predicted molar refractivity (Wildman–Crippen MR) is 78.8 cm³/mol. The molecule has 2 nitrogen and oxygen atoms in total. The molecule has 0 heterocycles. The van der Waals surface area contributed by atoms with E-state index < -0.39 is 0 Å². The van der Waals surface area contributed by atoms with E-state index >= 15 is 0 Å². The Morgan fingerprint density at radius 3 is 2.89 bits per heavy atom. The molecule has 0 aliphatic heterocycles. The SMILES string of the molecule is C=CCCOCCNC1CCCC(CC(C)C)C1. The van der Waals surface area contributed by atoms with Crippen LogP contribution in [0, 0.1) is 11.8 Å². The molecular formula is C16H31NO. The standard InChI is InChI=1S/C16H31NO/c1-4-5-10-18-11-9-17-16-8-6-7-15(13-16)12-14(2)3/h4,14-17H,1,5-13H2,2-3H3. The summed E-state index contributed by atoms with van der Waals surface area (Å²) in [6.45, 7) is 11.0. The monoisotopic (exact) mass is 253 g/mol. The van der Waals surface area contributed by atoms with Crippen LogP contribution in [0.25, 0.3) is 0 Å². The van der Waals surface area contributed by atoms with Crippen molar-refractivity contribution in [3.8, 4) is 0 Å². The van der Waals surface area contributed by atoms with Gasteiger partial charge in [0.1, 0.15) is 0 Å². The quantitative estimate of drug-likeness (QED) is 0.499. The van der Waals surface area contributed by atoms with E-state index in [1.54, 1.807) is 0 Å². The molecular weight excluding hydrogens is 222 g/mol. The van der Waals surface area contributed by atoms with Crippen molar-refractivity contribution in [2.45, 2.75) is 58.4 Å². The zero-order chi connectivity index (χ0) is 13.2. The molecule has 2 heteroatoms. The highest BCUT2D eigenvalue weighted by atomic mass is 16.5. The Hall–Kier alpha value is -0.340. The van der Waals surface area contributed by atoms with Crippen molar-refractivity contribution in [2.75, 3.05) is 19.8 Å². The smallest absolute Gasteiger partial charge is 0.0591 e. The lowest BCUT2D eigenvalue weighted by atomic mass is 9.81. The van der Waals surface area contributed by atoms with Gasteiger partial charge in [0.2, 0.25) is 0 Å². The molecule has 1 aliphatic rings. The van der Waals surface area contributed by atoms with Gasteiger partial charge in [-0.05, 0) is 37.5 Å². The van der Waals surface area contributed by atoms with Crippen molar-refractivity contribution in [3.63, 3.8) is 0 Å². The Kier molecular flexibility index (Phi) is 8.36. The van der Waals surface area contributed by atoms with Crippen LogP contribution < -0.4 is 5.32 Å². The van der Waals surface area contributed by atoms with Crippen molar-refractivity contribution in [3.05, 3.63) is 12.7 Å². The molecule has 106 valence electrons. The number of ether oxygens (including phenoxy) is 1.